The third-order valence-corrected chi connectivity index (χ3v) is 5.17. The van der Waals surface area contributed by atoms with Crippen LogP contribution in [0.4, 0.5) is 5.69 Å². The second-order valence-corrected chi connectivity index (χ2v) is 7.29. The SMILES string of the molecule is COc1ccc(-c2c(C)oc3cc(OCC(=O)Nc4ccccc4OC)ccc3c2=O)cc1. The minimum Gasteiger partial charge on any atom is -0.497 e. The number of anilines is 1. The smallest absolute Gasteiger partial charge is 0.262 e. The number of carbonyl (C=O) groups is 1. The van der Waals surface area contributed by atoms with Gasteiger partial charge in [-0.1, -0.05) is 24.3 Å². The third kappa shape index (κ3) is 4.67. The first kappa shape index (κ1) is 22.0. The Morgan fingerprint density at radius 1 is 0.939 bits per heavy atom. The largest absolute Gasteiger partial charge is 0.497 e. The lowest BCUT2D eigenvalue weighted by Gasteiger charge is -2.11. The maximum absolute atomic E-state index is 13.1. The average molecular weight is 445 g/mol. The number of para-hydroxylation sites is 2. The van der Waals surface area contributed by atoms with Crippen molar-refractivity contribution in [2.24, 2.45) is 0 Å². The minimum absolute atomic E-state index is 0.139. The first-order valence-corrected chi connectivity index (χ1v) is 10.3. The number of benzene rings is 3. The molecule has 0 aliphatic carbocycles. The molecule has 3 aromatic carbocycles. The summed E-state index contributed by atoms with van der Waals surface area (Å²) >= 11 is 0. The lowest BCUT2D eigenvalue weighted by Crippen LogP contribution is -2.20. The average Bonchev–Trinajstić information content (AvgIpc) is 2.83. The van der Waals surface area contributed by atoms with Crippen molar-refractivity contribution in [3.8, 4) is 28.4 Å². The molecule has 168 valence electrons. The Bertz CT molecular complexity index is 1360. The topological polar surface area (TPSA) is 87.0 Å². The molecule has 4 rings (SSSR count). The number of nitrogens with one attached hydrogen (secondary N) is 1. The lowest BCUT2D eigenvalue weighted by molar-refractivity contribution is -0.118. The summed E-state index contributed by atoms with van der Waals surface area (Å²) in [5.41, 5.74) is 2.05. The summed E-state index contributed by atoms with van der Waals surface area (Å²) in [5.74, 6) is 1.83. The molecule has 1 N–H and O–H groups in total. The van der Waals surface area contributed by atoms with E-state index in [1.54, 1.807) is 62.6 Å². The Labute approximate surface area is 190 Å². The minimum atomic E-state index is -0.341. The molecule has 4 aromatic rings. The van der Waals surface area contributed by atoms with E-state index in [9.17, 15) is 9.59 Å². The van der Waals surface area contributed by atoms with Crippen LogP contribution in [0.2, 0.25) is 0 Å². The molecule has 7 heteroatoms. The van der Waals surface area contributed by atoms with Crippen molar-refractivity contribution in [3.05, 3.63) is 82.7 Å². The number of hydrogen-bond donors (Lipinski definition) is 1. The molecule has 0 saturated carbocycles. The number of hydrogen-bond acceptors (Lipinski definition) is 6. The van der Waals surface area contributed by atoms with Gasteiger partial charge < -0.3 is 23.9 Å². The van der Waals surface area contributed by atoms with Crippen molar-refractivity contribution >= 4 is 22.6 Å². The van der Waals surface area contributed by atoms with Gasteiger partial charge >= 0.3 is 0 Å². The van der Waals surface area contributed by atoms with Crippen molar-refractivity contribution in [1.82, 2.24) is 0 Å². The highest BCUT2D eigenvalue weighted by molar-refractivity contribution is 5.93. The van der Waals surface area contributed by atoms with Crippen molar-refractivity contribution in [3.63, 3.8) is 0 Å². The maximum Gasteiger partial charge on any atom is 0.262 e. The molecule has 0 aliphatic heterocycles. The van der Waals surface area contributed by atoms with Gasteiger partial charge in [0.2, 0.25) is 5.43 Å². The van der Waals surface area contributed by atoms with Crippen LogP contribution in [-0.2, 0) is 4.79 Å². The van der Waals surface area contributed by atoms with Crippen molar-refractivity contribution in [1.29, 1.82) is 0 Å². The summed E-state index contributed by atoms with van der Waals surface area (Å²) < 4.78 is 22.0. The Balaban J connectivity index is 1.53. The van der Waals surface area contributed by atoms with Crippen molar-refractivity contribution < 1.29 is 23.4 Å². The molecule has 0 radical (unpaired) electrons. The summed E-state index contributed by atoms with van der Waals surface area (Å²) in [6.07, 6.45) is 0. The van der Waals surface area contributed by atoms with Crippen molar-refractivity contribution in [2.75, 3.05) is 26.1 Å². The van der Waals surface area contributed by atoms with Crippen LogP contribution in [-0.4, -0.2) is 26.7 Å². The fraction of sp³-hybridized carbons (Fsp3) is 0.154. The summed E-state index contributed by atoms with van der Waals surface area (Å²) in [4.78, 5) is 25.4. The van der Waals surface area contributed by atoms with Gasteiger partial charge in [-0.25, -0.2) is 0 Å². The Kier molecular flexibility index (Phi) is 6.31. The van der Waals surface area contributed by atoms with Crippen LogP contribution in [0.25, 0.3) is 22.1 Å². The number of amides is 1. The predicted molar refractivity (Wildman–Crippen MR) is 126 cm³/mol. The molecule has 0 bridgehead atoms. The molecule has 0 spiro atoms. The van der Waals surface area contributed by atoms with Gasteiger partial charge in [0.1, 0.15) is 28.6 Å². The van der Waals surface area contributed by atoms with E-state index in [2.05, 4.69) is 5.32 Å². The lowest BCUT2D eigenvalue weighted by atomic mass is 10.0. The van der Waals surface area contributed by atoms with E-state index in [1.165, 1.54) is 7.11 Å². The Hall–Kier alpha value is -4.26. The number of ether oxygens (including phenoxy) is 3. The molecule has 33 heavy (non-hydrogen) atoms. The maximum atomic E-state index is 13.1. The number of methoxy groups -OCH3 is 2. The number of fused-ring (bicyclic) bond motifs is 1. The van der Waals surface area contributed by atoms with E-state index in [1.807, 2.05) is 18.2 Å². The summed E-state index contributed by atoms with van der Waals surface area (Å²) in [6.45, 7) is 1.53. The van der Waals surface area contributed by atoms with Gasteiger partial charge in [0.15, 0.2) is 6.61 Å². The first-order chi connectivity index (χ1) is 16.0. The van der Waals surface area contributed by atoms with Crippen LogP contribution in [0.1, 0.15) is 5.76 Å². The third-order valence-electron chi connectivity index (χ3n) is 5.17. The van der Waals surface area contributed by atoms with Crippen LogP contribution in [0, 0.1) is 6.92 Å². The highest BCUT2D eigenvalue weighted by atomic mass is 16.5. The normalized spacial score (nSPS) is 10.6. The fourth-order valence-corrected chi connectivity index (χ4v) is 3.55. The highest BCUT2D eigenvalue weighted by Gasteiger charge is 2.15. The van der Waals surface area contributed by atoms with Gasteiger partial charge in [-0.2, -0.15) is 0 Å². The summed E-state index contributed by atoms with van der Waals surface area (Å²) in [6, 6.07) is 19.2. The van der Waals surface area contributed by atoms with Gasteiger partial charge in [-0.15, -0.1) is 0 Å². The molecule has 0 fully saturated rings. The summed E-state index contributed by atoms with van der Waals surface area (Å²) in [7, 11) is 3.12. The molecule has 7 nitrogen and oxygen atoms in total. The van der Waals surface area contributed by atoms with Crippen LogP contribution >= 0.6 is 0 Å². The number of carbonyl (C=O) groups excluding carboxylic acids is 1. The number of aryl methyl sites for hydroxylation is 1. The predicted octanol–water partition coefficient (Wildman–Crippen LogP) is 4.80. The Morgan fingerprint density at radius 3 is 2.39 bits per heavy atom. The van der Waals surface area contributed by atoms with E-state index in [-0.39, 0.29) is 17.9 Å². The van der Waals surface area contributed by atoms with Crippen LogP contribution in [0.5, 0.6) is 17.2 Å². The van der Waals surface area contributed by atoms with E-state index < -0.39 is 0 Å². The van der Waals surface area contributed by atoms with Crippen LogP contribution in [0.3, 0.4) is 0 Å². The summed E-state index contributed by atoms with van der Waals surface area (Å²) in [5, 5.41) is 3.18. The molecule has 1 aromatic heterocycles. The van der Waals surface area contributed by atoms with Gasteiger partial charge in [-0.05, 0) is 48.9 Å². The van der Waals surface area contributed by atoms with Crippen LogP contribution < -0.4 is 25.0 Å². The monoisotopic (exact) mass is 445 g/mol. The van der Waals surface area contributed by atoms with Crippen molar-refractivity contribution in [2.45, 2.75) is 6.92 Å². The van der Waals surface area contributed by atoms with E-state index in [0.29, 0.717) is 45.2 Å². The zero-order chi connectivity index (χ0) is 23.4. The first-order valence-electron chi connectivity index (χ1n) is 10.3. The second kappa shape index (κ2) is 9.48. The standard InChI is InChI=1S/C26H23NO6/c1-16-25(17-8-10-18(30-2)11-9-17)26(29)20-13-12-19(14-23(20)33-16)32-15-24(28)27-21-6-4-5-7-22(21)31-3/h4-14H,15H2,1-3H3,(H,27,28). The van der Waals surface area contributed by atoms with E-state index in [4.69, 9.17) is 18.6 Å². The second-order valence-electron chi connectivity index (χ2n) is 7.29. The zero-order valence-electron chi connectivity index (χ0n) is 18.5. The molecular weight excluding hydrogens is 422 g/mol. The zero-order valence-corrected chi connectivity index (χ0v) is 18.5. The molecule has 0 unspecified atom stereocenters. The fourth-order valence-electron chi connectivity index (χ4n) is 3.55. The molecule has 1 heterocycles. The molecule has 0 aliphatic rings. The molecule has 0 saturated heterocycles. The quantitative estimate of drug-likeness (QED) is 0.440. The van der Waals surface area contributed by atoms with Gasteiger partial charge in [0.05, 0.1) is 30.9 Å². The van der Waals surface area contributed by atoms with Gasteiger partial charge in [-0.3, -0.25) is 9.59 Å². The molecule has 0 atom stereocenters. The van der Waals surface area contributed by atoms with Crippen LogP contribution in [0.15, 0.2) is 75.9 Å². The highest BCUT2D eigenvalue weighted by Crippen LogP contribution is 2.28. The van der Waals surface area contributed by atoms with Gasteiger partial charge in [0.25, 0.3) is 5.91 Å². The van der Waals surface area contributed by atoms with E-state index in [0.717, 1.165) is 5.56 Å². The number of rotatable bonds is 7. The molecule has 1 amide bonds. The van der Waals surface area contributed by atoms with Gasteiger partial charge in [0, 0.05) is 6.07 Å². The molecular formula is C26H23NO6. The Morgan fingerprint density at radius 2 is 1.67 bits per heavy atom. The van der Waals surface area contributed by atoms with E-state index >= 15 is 0 Å².